The Balaban J connectivity index is 2.10. The highest BCUT2D eigenvalue weighted by Gasteiger charge is 2.42. The summed E-state index contributed by atoms with van der Waals surface area (Å²) in [5.41, 5.74) is 6.46. The predicted octanol–water partition coefficient (Wildman–Crippen LogP) is 3.61. The van der Waals surface area contributed by atoms with E-state index in [1.54, 1.807) is 24.3 Å². The molecule has 0 fully saturated rings. The van der Waals surface area contributed by atoms with E-state index < -0.39 is 5.54 Å². The van der Waals surface area contributed by atoms with Gasteiger partial charge in [0.25, 0.3) is 11.8 Å². The lowest BCUT2D eigenvalue weighted by molar-refractivity contribution is -0.0502. The van der Waals surface area contributed by atoms with Gasteiger partial charge >= 0.3 is 0 Å². The summed E-state index contributed by atoms with van der Waals surface area (Å²) in [6.45, 7) is 9.79. The Morgan fingerprint density at radius 3 is 2.16 bits per heavy atom. The summed E-state index contributed by atoms with van der Waals surface area (Å²) in [4.78, 5) is 27.5. The largest absolute Gasteiger partial charge is 0.398 e. The van der Waals surface area contributed by atoms with E-state index in [9.17, 15) is 9.59 Å². The van der Waals surface area contributed by atoms with Gasteiger partial charge in [0.15, 0.2) is 0 Å². The molecule has 5 heteroatoms. The van der Waals surface area contributed by atoms with Crippen LogP contribution in [0.1, 0.15) is 55.3 Å². The fourth-order valence-electron chi connectivity index (χ4n) is 3.13. The van der Waals surface area contributed by atoms with Crippen molar-refractivity contribution in [2.45, 2.75) is 45.8 Å². The van der Waals surface area contributed by atoms with Gasteiger partial charge < -0.3 is 10.5 Å². The first-order valence-electron chi connectivity index (χ1n) is 8.37. The smallest absolute Gasteiger partial charge is 0.261 e. The number of carbonyl (C=O) groups excluding carboxylic acids is 2. The van der Waals surface area contributed by atoms with Crippen LogP contribution in [0.15, 0.2) is 30.3 Å². The zero-order valence-electron chi connectivity index (χ0n) is 15.3. The molecule has 0 saturated heterocycles. The minimum atomic E-state index is -0.775. The Morgan fingerprint density at radius 1 is 0.960 bits per heavy atom. The van der Waals surface area contributed by atoms with E-state index in [1.807, 2.05) is 40.7 Å². The summed E-state index contributed by atoms with van der Waals surface area (Å²) >= 11 is 0. The van der Waals surface area contributed by atoms with Crippen molar-refractivity contribution in [2.24, 2.45) is 0 Å². The molecule has 5 nitrogen and oxygen atoms in total. The summed E-state index contributed by atoms with van der Waals surface area (Å²) < 4.78 is 5.86. The number of nitrogen functional groups attached to an aromatic ring is 1. The fourth-order valence-corrected chi connectivity index (χ4v) is 3.13. The molecule has 2 amide bonds. The molecule has 0 spiro atoms. The standard InChI is InChI=1S/C20H24N2O3/c1-19(2,3)25-11-20(4,5)22-17(23)13-8-6-7-12-15(21)10-9-14(16(12)13)18(22)24/h6-10H,11,21H2,1-5H3. The molecule has 0 unspecified atom stereocenters. The molecule has 132 valence electrons. The first kappa shape index (κ1) is 17.4. The SMILES string of the molecule is CC(C)(C)OCC(C)(C)N1C(=O)c2cccc3c(N)ccc(c23)C1=O. The Labute approximate surface area is 147 Å². The molecule has 1 heterocycles. The van der Waals surface area contributed by atoms with Gasteiger partial charge in [0.1, 0.15) is 0 Å². The number of rotatable bonds is 3. The van der Waals surface area contributed by atoms with E-state index in [2.05, 4.69) is 0 Å². The maximum atomic E-state index is 13.1. The van der Waals surface area contributed by atoms with Crippen molar-refractivity contribution in [1.29, 1.82) is 0 Å². The van der Waals surface area contributed by atoms with Crippen LogP contribution < -0.4 is 5.73 Å². The highest BCUT2D eigenvalue weighted by Crippen LogP contribution is 2.36. The Bertz CT molecular complexity index is 856. The molecular weight excluding hydrogens is 316 g/mol. The van der Waals surface area contributed by atoms with Crippen molar-refractivity contribution >= 4 is 28.3 Å². The van der Waals surface area contributed by atoms with Crippen LogP contribution in [0.3, 0.4) is 0 Å². The molecule has 3 rings (SSSR count). The summed E-state index contributed by atoms with van der Waals surface area (Å²) in [7, 11) is 0. The van der Waals surface area contributed by atoms with E-state index in [4.69, 9.17) is 10.5 Å². The number of benzene rings is 2. The quantitative estimate of drug-likeness (QED) is 0.684. The molecule has 2 aromatic rings. The summed E-state index contributed by atoms with van der Waals surface area (Å²) in [5.74, 6) is -0.618. The Hall–Kier alpha value is -2.40. The predicted molar refractivity (Wildman–Crippen MR) is 98.6 cm³/mol. The van der Waals surface area contributed by atoms with Gasteiger partial charge in [0, 0.05) is 27.6 Å². The Morgan fingerprint density at radius 2 is 1.56 bits per heavy atom. The second kappa shape index (κ2) is 5.56. The van der Waals surface area contributed by atoms with Gasteiger partial charge in [-0.2, -0.15) is 0 Å². The molecule has 0 atom stereocenters. The van der Waals surface area contributed by atoms with Crippen LogP contribution in [0.4, 0.5) is 5.69 Å². The van der Waals surface area contributed by atoms with E-state index in [0.29, 0.717) is 22.2 Å². The van der Waals surface area contributed by atoms with Gasteiger partial charge in [-0.1, -0.05) is 12.1 Å². The van der Waals surface area contributed by atoms with Crippen LogP contribution in [0.2, 0.25) is 0 Å². The molecule has 25 heavy (non-hydrogen) atoms. The highest BCUT2D eigenvalue weighted by atomic mass is 16.5. The third kappa shape index (κ3) is 2.89. The average Bonchev–Trinajstić information content (AvgIpc) is 2.51. The van der Waals surface area contributed by atoms with Crippen molar-refractivity contribution in [3.05, 3.63) is 41.5 Å². The maximum Gasteiger partial charge on any atom is 0.261 e. The number of carbonyl (C=O) groups is 2. The van der Waals surface area contributed by atoms with Crippen LogP contribution in [-0.2, 0) is 4.74 Å². The molecule has 0 saturated carbocycles. The number of hydrogen-bond acceptors (Lipinski definition) is 4. The minimum absolute atomic E-state index is 0.258. The fraction of sp³-hybridized carbons (Fsp3) is 0.400. The molecule has 0 radical (unpaired) electrons. The lowest BCUT2D eigenvalue weighted by Gasteiger charge is -2.40. The lowest BCUT2D eigenvalue weighted by Crippen LogP contribution is -2.56. The molecule has 0 bridgehead atoms. The van der Waals surface area contributed by atoms with Gasteiger partial charge in [0.05, 0.1) is 17.7 Å². The molecule has 2 aromatic carbocycles. The third-order valence-electron chi connectivity index (χ3n) is 4.41. The molecule has 2 N–H and O–H groups in total. The number of ether oxygens (including phenoxy) is 1. The van der Waals surface area contributed by atoms with E-state index in [-0.39, 0.29) is 24.0 Å². The van der Waals surface area contributed by atoms with E-state index in [0.717, 1.165) is 5.39 Å². The van der Waals surface area contributed by atoms with Crippen molar-refractivity contribution in [1.82, 2.24) is 4.90 Å². The van der Waals surface area contributed by atoms with Crippen LogP contribution >= 0.6 is 0 Å². The topological polar surface area (TPSA) is 72.6 Å². The van der Waals surface area contributed by atoms with Gasteiger partial charge in [-0.25, -0.2) is 0 Å². The molecule has 0 aromatic heterocycles. The normalized spacial score (nSPS) is 15.2. The van der Waals surface area contributed by atoms with Crippen molar-refractivity contribution in [2.75, 3.05) is 12.3 Å². The zero-order chi connectivity index (χ0) is 18.6. The number of nitrogens with zero attached hydrogens (tertiary/aromatic N) is 1. The van der Waals surface area contributed by atoms with Gasteiger partial charge in [-0.05, 0) is 52.8 Å². The summed E-state index contributed by atoms with van der Waals surface area (Å²) in [6.07, 6.45) is 0. The number of hydrogen-bond donors (Lipinski definition) is 1. The molecule has 1 aliphatic heterocycles. The second-order valence-corrected chi connectivity index (χ2v) is 8.09. The van der Waals surface area contributed by atoms with Crippen LogP contribution in [0, 0.1) is 0 Å². The molecule has 1 aliphatic rings. The van der Waals surface area contributed by atoms with Gasteiger partial charge in [-0.3, -0.25) is 14.5 Å². The Kier molecular flexibility index (Phi) is 3.88. The number of imide groups is 1. The first-order chi connectivity index (χ1) is 11.5. The van der Waals surface area contributed by atoms with Gasteiger partial charge in [0.2, 0.25) is 0 Å². The number of nitrogens with two attached hydrogens (primary N) is 1. The molecule has 0 aliphatic carbocycles. The number of anilines is 1. The zero-order valence-corrected chi connectivity index (χ0v) is 15.3. The van der Waals surface area contributed by atoms with Crippen LogP contribution in [-0.4, -0.2) is 34.5 Å². The maximum absolute atomic E-state index is 13.1. The lowest BCUT2D eigenvalue weighted by atomic mass is 9.90. The van der Waals surface area contributed by atoms with Crippen molar-refractivity contribution < 1.29 is 14.3 Å². The van der Waals surface area contributed by atoms with Crippen LogP contribution in [0.25, 0.3) is 10.8 Å². The minimum Gasteiger partial charge on any atom is -0.398 e. The van der Waals surface area contributed by atoms with Crippen LogP contribution in [0.5, 0.6) is 0 Å². The number of amides is 2. The monoisotopic (exact) mass is 340 g/mol. The van der Waals surface area contributed by atoms with Crippen molar-refractivity contribution in [3.63, 3.8) is 0 Å². The van der Waals surface area contributed by atoms with Crippen molar-refractivity contribution in [3.8, 4) is 0 Å². The summed E-state index contributed by atoms with van der Waals surface area (Å²) in [5, 5.41) is 1.38. The first-order valence-corrected chi connectivity index (χ1v) is 8.37. The molecular formula is C20H24N2O3. The second-order valence-electron chi connectivity index (χ2n) is 8.09. The third-order valence-corrected chi connectivity index (χ3v) is 4.41. The highest BCUT2D eigenvalue weighted by molar-refractivity contribution is 6.27. The van der Waals surface area contributed by atoms with Gasteiger partial charge in [-0.15, -0.1) is 0 Å². The summed E-state index contributed by atoms with van der Waals surface area (Å²) in [6, 6.07) is 8.79. The van der Waals surface area contributed by atoms with E-state index >= 15 is 0 Å². The average molecular weight is 340 g/mol. The van der Waals surface area contributed by atoms with E-state index in [1.165, 1.54) is 4.90 Å².